The van der Waals surface area contributed by atoms with Crippen LogP contribution in [-0.4, -0.2) is 60.7 Å². The number of rotatable bonds is 6. The molecule has 0 bridgehead atoms. The van der Waals surface area contributed by atoms with E-state index in [1.807, 2.05) is 0 Å². The van der Waals surface area contributed by atoms with Gasteiger partial charge in [-0.15, -0.1) is 0 Å². The molecule has 9 heteroatoms. The summed E-state index contributed by atoms with van der Waals surface area (Å²) in [6.45, 7) is 13.9. The second kappa shape index (κ2) is 8.78. The molecule has 1 aliphatic carbocycles. The molecule has 0 aliphatic heterocycles. The minimum atomic E-state index is -0.717. The standard InChI is InChI=1S/C19H34O3Si6/c1-7-9(3)13-10(4)8(2)12(6)15-16(13)14(11(7)5)17(26-20-23)19(28-22-25)18(15)27-21-24/h17H,26-28H2,1-6,23-25H3. The Kier molecular flexibility index (Phi) is 6.99. The summed E-state index contributed by atoms with van der Waals surface area (Å²) < 4.78 is 18.1. The molecule has 1 aliphatic rings. The normalized spacial score (nSPS) is 18.0. The van der Waals surface area contributed by atoms with Crippen molar-refractivity contribution < 1.29 is 12.3 Å². The zero-order chi connectivity index (χ0) is 20.7. The maximum atomic E-state index is 6.04. The lowest BCUT2D eigenvalue weighted by molar-refractivity contribution is 0.641. The molecule has 3 rings (SSSR count). The first kappa shape index (κ1) is 22.3. The maximum Gasteiger partial charge on any atom is 0.178 e. The Labute approximate surface area is 185 Å². The second-order valence-corrected chi connectivity index (χ2v) is 18.3. The van der Waals surface area contributed by atoms with Gasteiger partial charge in [-0.3, -0.25) is 0 Å². The van der Waals surface area contributed by atoms with Crippen molar-refractivity contribution in [2.45, 2.75) is 47.1 Å². The van der Waals surface area contributed by atoms with Crippen molar-refractivity contribution in [2.24, 2.45) is 0 Å². The molecule has 0 amide bonds. The van der Waals surface area contributed by atoms with Gasteiger partial charge in [0.05, 0.1) is 0 Å². The van der Waals surface area contributed by atoms with E-state index in [9.17, 15) is 0 Å². The van der Waals surface area contributed by atoms with Crippen LogP contribution in [0.5, 0.6) is 0 Å². The van der Waals surface area contributed by atoms with E-state index in [-0.39, 0.29) is 0 Å². The van der Waals surface area contributed by atoms with Gasteiger partial charge in [-0.1, -0.05) is 5.20 Å². The average Bonchev–Trinajstić information content (AvgIpc) is 2.67. The van der Waals surface area contributed by atoms with Gasteiger partial charge in [-0.05, 0) is 102 Å². The van der Waals surface area contributed by atoms with Crippen molar-refractivity contribution in [3.8, 4) is 0 Å². The van der Waals surface area contributed by atoms with E-state index in [4.69, 9.17) is 12.3 Å². The van der Waals surface area contributed by atoms with Crippen LogP contribution in [0.2, 0.25) is 0 Å². The summed E-state index contributed by atoms with van der Waals surface area (Å²) in [5.74, 6) is 0. The first-order valence-corrected chi connectivity index (χ1v) is 16.4. The number of benzene rings is 2. The Hall–Kier alpha value is -0.379. The van der Waals surface area contributed by atoms with Crippen LogP contribution in [0.15, 0.2) is 5.20 Å². The highest BCUT2D eigenvalue weighted by Gasteiger charge is 2.34. The van der Waals surface area contributed by atoms with E-state index in [0.29, 0.717) is 5.54 Å². The summed E-state index contributed by atoms with van der Waals surface area (Å²) in [5.41, 5.74) is 12.3. The van der Waals surface area contributed by atoms with Gasteiger partial charge in [0.1, 0.15) is 31.5 Å². The zero-order valence-electron chi connectivity index (χ0n) is 18.9. The van der Waals surface area contributed by atoms with E-state index in [2.05, 4.69) is 41.5 Å². The number of aryl methyl sites for hydroxylation is 2. The van der Waals surface area contributed by atoms with Crippen LogP contribution in [0.3, 0.4) is 0 Å². The topological polar surface area (TPSA) is 27.7 Å². The highest BCUT2D eigenvalue weighted by molar-refractivity contribution is 6.66. The van der Waals surface area contributed by atoms with Gasteiger partial charge in [0.2, 0.25) is 0 Å². The quantitative estimate of drug-likeness (QED) is 0.476. The summed E-state index contributed by atoms with van der Waals surface area (Å²) in [5, 5.41) is 6.24. The largest absolute Gasteiger partial charge is 0.467 e. The third kappa shape index (κ3) is 3.30. The molecule has 0 radical (unpaired) electrons. The fraction of sp³-hybridized carbons (Fsp3) is 0.368. The lowest BCUT2D eigenvalue weighted by Gasteiger charge is -2.35. The number of hydrogen-bond donors (Lipinski definition) is 0. The Bertz CT molecular complexity index is 978. The Morgan fingerprint density at radius 2 is 1.21 bits per heavy atom. The first-order valence-electron chi connectivity index (χ1n) is 10.0. The van der Waals surface area contributed by atoms with Gasteiger partial charge >= 0.3 is 0 Å². The molecule has 152 valence electrons. The van der Waals surface area contributed by atoms with Crippen LogP contribution in [0.1, 0.15) is 50.0 Å². The highest BCUT2D eigenvalue weighted by Crippen LogP contribution is 2.48. The smallest absolute Gasteiger partial charge is 0.178 e. The second-order valence-electron chi connectivity index (χ2n) is 8.17. The van der Waals surface area contributed by atoms with Gasteiger partial charge in [-0.2, -0.15) is 0 Å². The van der Waals surface area contributed by atoms with Crippen LogP contribution in [0.25, 0.3) is 16.0 Å². The minimum absolute atomic E-state index is 0.494. The molecule has 28 heavy (non-hydrogen) atoms. The third-order valence-corrected chi connectivity index (χ3v) is 15.2. The summed E-state index contributed by atoms with van der Waals surface area (Å²) in [6, 6.07) is 0. The molecule has 2 aromatic carbocycles. The highest BCUT2D eigenvalue weighted by atomic mass is 28.3. The molecular formula is C19H34O3Si6. The molecule has 0 N–H and O–H groups in total. The van der Waals surface area contributed by atoms with E-state index in [1.54, 1.807) is 16.0 Å². The molecular weight excluding hydrogens is 445 g/mol. The molecule has 0 heterocycles. The Morgan fingerprint density at radius 1 is 0.643 bits per heavy atom. The van der Waals surface area contributed by atoms with Gasteiger partial charge in [0.25, 0.3) is 0 Å². The molecule has 0 spiro atoms. The number of allylic oxidation sites excluding steroid dienone is 1. The fourth-order valence-corrected chi connectivity index (χ4v) is 13.4. The van der Waals surface area contributed by atoms with Crippen LogP contribution < -0.4 is 0 Å². The Morgan fingerprint density at radius 3 is 1.75 bits per heavy atom. The lowest BCUT2D eigenvalue weighted by Crippen LogP contribution is -2.27. The molecule has 1 unspecified atom stereocenters. The molecule has 3 nitrogen and oxygen atoms in total. The van der Waals surface area contributed by atoms with Crippen LogP contribution in [0.4, 0.5) is 0 Å². The van der Waals surface area contributed by atoms with Crippen molar-refractivity contribution in [3.05, 3.63) is 49.7 Å². The van der Waals surface area contributed by atoms with E-state index in [1.165, 1.54) is 49.7 Å². The number of hydrogen-bond acceptors (Lipinski definition) is 3. The van der Waals surface area contributed by atoms with Crippen molar-refractivity contribution in [3.63, 3.8) is 0 Å². The summed E-state index contributed by atoms with van der Waals surface area (Å²) in [7, 11) is 0.424. The summed E-state index contributed by atoms with van der Waals surface area (Å²) >= 11 is 0. The Balaban J connectivity index is 2.61. The SMILES string of the molecule is Cc1c(C)c2c3c(c(C)c(C)c(C)c3c1C)C([SiH2]O[SiH3])C([SiH2]O[SiH3])=C2[SiH2]O[SiH3]. The first-order chi connectivity index (χ1) is 13.3. The van der Waals surface area contributed by atoms with Crippen LogP contribution in [-0.2, 0) is 12.3 Å². The van der Waals surface area contributed by atoms with Gasteiger partial charge in [-0.25, -0.2) is 0 Å². The van der Waals surface area contributed by atoms with Crippen molar-refractivity contribution in [1.82, 2.24) is 0 Å². The van der Waals surface area contributed by atoms with Crippen molar-refractivity contribution in [2.75, 3.05) is 0 Å². The van der Waals surface area contributed by atoms with Crippen LogP contribution in [0, 0.1) is 41.5 Å². The monoisotopic (exact) mass is 478 g/mol. The lowest BCUT2D eigenvalue weighted by atomic mass is 9.79. The predicted octanol–water partition coefficient (Wildman–Crippen LogP) is -1.44. The van der Waals surface area contributed by atoms with E-state index < -0.39 is 29.3 Å². The van der Waals surface area contributed by atoms with Crippen molar-refractivity contribution >= 4 is 76.7 Å². The van der Waals surface area contributed by atoms with Crippen LogP contribution >= 0.6 is 0 Å². The molecule has 0 saturated heterocycles. The average molecular weight is 479 g/mol. The van der Waals surface area contributed by atoms with Crippen molar-refractivity contribution in [1.29, 1.82) is 0 Å². The molecule has 0 saturated carbocycles. The molecule has 0 aromatic heterocycles. The predicted molar refractivity (Wildman–Crippen MR) is 141 cm³/mol. The fourth-order valence-electron chi connectivity index (χ4n) is 5.11. The molecule has 1 atom stereocenters. The van der Waals surface area contributed by atoms with E-state index in [0.717, 1.165) is 31.5 Å². The molecule has 0 fully saturated rings. The van der Waals surface area contributed by atoms with Gasteiger partial charge < -0.3 is 12.3 Å². The van der Waals surface area contributed by atoms with Gasteiger partial charge in [0.15, 0.2) is 29.3 Å². The van der Waals surface area contributed by atoms with Gasteiger partial charge in [0, 0.05) is 5.54 Å². The maximum absolute atomic E-state index is 6.04. The molecule has 2 aromatic rings. The summed E-state index contributed by atoms with van der Waals surface area (Å²) in [4.78, 5) is 0. The van der Waals surface area contributed by atoms with E-state index >= 15 is 0 Å². The minimum Gasteiger partial charge on any atom is -0.467 e. The zero-order valence-corrected chi connectivity index (χ0v) is 29.2. The third-order valence-electron chi connectivity index (χ3n) is 6.93. The summed E-state index contributed by atoms with van der Waals surface area (Å²) in [6.07, 6.45) is 0.